The fourth-order valence-electron chi connectivity index (χ4n) is 9.72. The Morgan fingerprint density at radius 2 is 0.833 bits per heavy atom. The van der Waals surface area contributed by atoms with Crippen LogP contribution in [0.15, 0.2) is 170 Å². The Balaban J connectivity index is -0.000000979. The summed E-state index contributed by atoms with van der Waals surface area (Å²) in [4.78, 5) is 43.0. The number of hydrogen-bond acceptors (Lipinski definition) is 11. The largest absolute Gasteiger partial charge is 0.469 e. The van der Waals surface area contributed by atoms with Crippen LogP contribution in [-0.4, -0.2) is 106 Å². The highest BCUT2D eigenvalue weighted by Crippen LogP contribution is 2.29. The fourth-order valence-corrected chi connectivity index (χ4v) is 9.72. The summed E-state index contributed by atoms with van der Waals surface area (Å²) in [5.74, 6) is -0.452. The van der Waals surface area contributed by atoms with Gasteiger partial charge in [-0.3, -0.25) is 14.4 Å². The average molecular weight is 1280 g/mol. The molecule has 0 unspecified atom stereocenters. The van der Waals surface area contributed by atoms with Gasteiger partial charge in [-0.1, -0.05) is 193 Å². The number of para-hydroxylation sites is 6. The molecule has 0 amide bonds. The van der Waals surface area contributed by atoms with E-state index in [2.05, 4.69) is 153 Å². The Labute approximate surface area is 555 Å². The van der Waals surface area contributed by atoms with Crippen LogP contribution in [0.5, 0.6) is 0 Å². The number of H-pyrrole nitrogens is 1. The van der Waals surface area contributed by atoms with Crippen molar-refractivity contribution in [2.45, 2.75) is 142 Å². The van der Waals surface area contributed by atoms with Gasteiger partial charge in [-0.05, 0) is 114 Å². The maximum absolute atomic E-state index is 11.0. The van der Waals surface area contributed by atoms with E-state index in [1.54, 1.807) is 0 Å². The van der Waals surface area contributed by atoms with E-state index in [0.717, 1.165) is 77.0 Å². The lowest BCUT2D eigenvalue weighted by Gasteiger charge is -2.18. The van der Waals surface area contributed by atoms with E-state index >= 15 is 0 Å². The van der Waals surface area contributed by atoms with Gasteiger partial charge in [-0.15, -0.1) is 24.8 Å². The number of anilines is 4. The van der Waals surface area contributed by atoms with Gasteiger partial charge in [0.15, 0.2) is 0 Å². The number of aliphatic hydroxyl groups is 1. The molecule has 13 nitrogen and oxygen atoms in total. The Morgan fingerprint density at radius 1 is 0.444 bits per heavy atom. The number of aromatic amines is 1. The number of hydrogen-bond donors (Lipinski definition) is 3. The van der Waals surface area contributed by atoms with Crippen LogP contribution in [-0.2, 0) is 60.8 Å². The number of nitrogens with zero attached hydrogens (tertiary/aromatic N) is 4. The zero-order valence-corrected chi connectivity index (χ0v) is 56.8. The van der Waals surface area contributed by atoms with Gasteiger partial charge < -0.3 is 48.9 Å². The van der Waals surface area contributed by atoms with Crippen molar-refractivity contribution in [1.29, 1.82) is 0 Å². The Morgan fingerprint density at radius 3 is 1.28 bits per heavy atom. The van der Waals surface area contributed by atoms with Crippen LogP contribution >= 0.6 is 24.8 Å². The Hall–Kier alpha value is -7.45. The fraction of sp³-hybridized carbons (Fsp3) is 0.427. The van der Waals surface area contributed by atoms with Gasteiger partial charge in [0, 0.05) is 105 Å². The van der Waals surface area contributed by atoms with Gasteiger partial charge in [-0.2, -0.15) is 0 Å². The molecule has 4 aliphatic heterocycles. The standard InChI is InChI=1S/2C12H15NO2.C12H13NO2.C11H15NO.C8H9N.C8H7N.5C2H6.2CH4.2ClH/c3*1-15-12(14)7-9-13-8-6-10-4-2-3-5-11(10)13;13-9-3-7-12-8-6-10-4-1-2-5-11(10)12;2*1-2-4-8-7(3-1)5-6-9-8;5*1-2;;;;/h2*2-5H,6-9H2,1H3;2-6,8H,7,9H2,1H3;1-2,4-5,13H,3,6-9H2;1-4,9H,5-6H2;1-6,9H;5*1-2H3;2*1H4;2*1H. The van der Waals surface area contributed by atoms with E-state index < -0.39 is 0 Å². The maximum atomic E-state index is 11.0. The van der Waals surface area contributed by atoms with E-state index in [9.17, 15) is 14.4 Å². The molecular weight excluding hydrogens is 1170 g/mol. The minimum atomic E-state index is -0.173. The molecule has 0 bridgehead atoms. The Bertz CT molecular complexity index is 2950. The van der Waals surface area contributed by atoms with Crippen LogP contribution in [0.2, 0.25) is 0 Å². The molecule has 0 fully saturated rings. The number of carbonyl (C=O) groups is 3. The predicted molar refractivity (Wildman–Crippen MR) is 392 cm³/mol. The van der Waals surface area contributed by atoms with E-state index in [1.807, 2.05) is 130 Å². The highest BCUT2D eigenvalue weighted by Gasteiger charge is 2.20. The summed E-state index contributed by atoms with van der Waals surface area (Å²) >= 11 is 0. The minimum absolute atomic E-state index is 0. The van der Waals surface area contributed by atoms with Gasteiger partial charge in [0.2, 0.25) is 0 Å². The van der Waals surface area contributed by atoms with Crippen LogP contribution in [0, 0.1) is 0 Å². The van der Waals surface area contributed by atoms with Gasteiger partial charge in [-0.25, -0.2) is 0 Å². The third-order valence-corrected chi connectivity index (χ3v) is 13.8. The molecule has 0 saturated heterocycles. The molecule has 3 N–H and O–H groups in total. The molecule has 6 heterocycles. The van der Waals surface area contributed by atoms with Crippen molar-refractivity contribution >= 4 is 87.3 Å². The van der Waals surface area contributed by atoms with Crippen LogP contribution in [0.3, 0.4) is 0 Å². The van der Waals surface area contributed by atoms with Crippen molar-refractivity contribution in [3.05, 3.63) is 192 Å². The lowest BCUT2D eigenvalue weighted by atomic mass is 10.2. The molecule has 500 valence electrons. The topological polar surface area (TPSA) is 142 Å². The maximum Gasteiger partial charge on any atom is 0.307 e. The van der Waals surface area contributed by atoms with Gasteiger partial charge in [0.25, 0.3) is 0 Å². The molecule has 0 atom stereocenters. The number of benzene rings is 6. The van der Waals surface area contributed by atoms with Crippen molar-refractivity contribution in [2.75, 3.05) is 93.8 Å². The van der Waals surface area contributed by atoms with Crippen LogP contribution in [0.4, 0.5) is 22.7 Å². The number of aryl methyl sites for hydroxylation is 1. The van der Waals surface area contributed by atoms with Crippen molar-refractivity contribution in [1.82, 2.24) is 9.55 Å². The van der Waals surface area contributed by atoms with Crippen molar-refractivity contribution < 1.29 is 33.7 Å². The number of aliphatic hydroxyl groups excluding tert-OH is 1. The molecule has 0 radical (unpaired) electrons. The van der Waals surface area contributed by atoms with Crippen molar-refractivity contribution in [3.8, 4) is 0 Å². The van der Waals surface area contributed by atoms with Crippen molar-refractivity contribution in [3.63, 3.8) is 0 Å². The summed E-state index contributed by atoms with van der Waals surface area (Å²) in [5, 5.41) is 14.5. The molecule has 90 heavy (non-hydrogen) atoms. The van der Waals surface area contributed by atoms with Crippen LogP contribution < -0.4 is 20.0 Å². The summed E-state index contributed by atoms with van der Waals surface area (Å²) < 4.78 is 15.9. The number of esters is 3. The zero-order chi connectivity index (χ0) is 63.3. The number of halogens is 2. The molecule has 2 aromatic heterocycles. The van der Waals surface area contributed by atoms with Gasteiger partial charge in [0.05, 0.1) is 40.6 Å². The van der Waals surface area contributed by atoms with Crippen molar-refractivity contribution in [2.24, 2.45) is 0 Å². The molecule has 0 saturated carbocycles. The molecule has 0 aliphatic carbocycles. The van der Waals surface area contributed by atoms with E-state index in [1.165, 1.54) is 89.0 Å². The summed E-state index contributed by atoms with van der Waals surface area (Å²) in [6.45, 7) is 27.7. The second kappa shape index (κ2) is 53.4. The summed E-state index contributed by atoms with van der Waals surface area (Å²) in [5.41, 5.74) is 13.2. The molecule has 4 aliphatic rings. The highest BCUT2D eigenvalue weighted by molar-refractivity contribution is 5.86. The van der Waals surface area contributed by atoms with Gasteiger partial charge in [0.1, 0.15) is 0 Å². The van der Waals surface area contributed by atoms with Crippen LogP contribution in [0.25, 0.3) is 21.8 Å². The first-order chi connectivity index (χ1) is 42.3. The number of fused-ring (bicyclic) bond motifs is 6. The SMILES string of the molecule is C.C.CC.CC.CC.CC.CC.COC(=O)CCN1CCc2ccccc21.COC(=O)CCN1CCc2ccccc21.COC(=O)CCn1ccc2ccccc21.Cl.Cl.OCCCN1CCc2ccccc21.c1ccc2[nH]ccc2c1.c1ccc2c(c1)CCN2. The molecule has 8 aromatic rings. The Kier molecular flexibility index (Phi) is 51.5. The summed E-state index contributed by atoms with van der Waals surface area (Å²) in [6, 6.07) is 54.1. The molecule has 12 rings (SSSR count). The molecule has 0 spiro atoms. The molecule has 15 heteroatoms. The smallest absolute Gasteiger partial charge is 0.307 e. The highest BCUT2D eigenvalue weighted by atomic mass is 35.5. The van der Waals surface area contributed by atoms with E-state index in [0.29, 0.717) is 32.4 Å². The average Bonchev–Trinajstić information content (AvgIpc) is 4.02. The predicted octanol–water partition coefficient (Wildman–Crippen LogP) is 17.9. The summed E-state index contributed by atoms with van der Waals surface area (Å²) in [7, 11) is 4.27. The monoisotopic (exact) mass is 1280 g/mol. The van der Waals surface area contributed by atoms with Gasteiger partial charge >= 0.3 is 17.9 Å². The quantitative estimate of drug-likeness (QED) is 0.0795. The number of carbonyl (C=O) groups excluding carboxylic acids is 3. The second-order valence-electron chi connectivity index (χ2n) is 18.6. The molecular formula is C75H114Cl2N6O7. The number of nitrogens with one attached hydrogen (secondary N) is 2. The lowest BCUT2D eigenvalue weighted by molar-refractivity contribution is -0.141. The first kappa shape index (κ1) is 86.8. The number of aromatic nitrogens is 2. The van der Waals surface area contributed by atoms with E-state index in [-0.39, 0.29) is 57.6 Å². The number of methoxy groups -OCH3 is 3. The minimum Gasteiger partial charge on any atom is -0.469 e. The third kappa shape index (κ3) is 29.5. The first-order valence-electron chi connectivity index (χ1n) is 31.5. The molecule has 6 aromatic carbocycles. The second-order valence-corrected chi connectivity index (χ2v) is 18.6. The first-order valence-corrected chi connectivity index (χ1v) is 31.5. The summed E-state index contributed by atoms with van der Waals surface area (Å²) in [6.07, 6.45) is 10.7. The number of rotatable bonds is 12. The zero-order valence-electron chi connectivity index (χ0n) is 55.2. The third-order valence-electron chi connectivity index (χ3n) is 13.8. The number of ether oxygens (including phenoxy) is 3. The normalized spacial score (nSPS) is 11.3. The van der Waals surface area contributed by atoms with Crippen LogP contribution in [0.1, 0.15) is 132 Å². The lowest BCUT2D eigenvalue weighted by Crippen LogP contribution is -2.24. The van der Waals surface area contributed by atoms with E-state index in [4.69, 9.17) is 5.11 Å².